The van der Waals surface area contributed by atoms with Gasteiger partial charge >= 0.3 is 11.7 Å². The first-order chi connectivity index (χ1) is 6.86. The summed E-state index contributed by atoms with van der Waals surface area (Å²) in [5.41, 5.74) is 3.82. The van der Waals surface area contributed by atoms with Gasteiger partial charge in [0.1, 0.15) is 11.3 Å². The van der Waals surface area contributed by atoms with Gasteiger partial charge in [-0.1, -0.05) is 11.6 Å². The zero-order valence-electron chi connectivity index (χ0n) is 7.52. The molecule has 15 heavy (non-hydrogen) atoms. The number of aryl methyl sites for hydroxylation is 1. The summed E-state index contributed by atoms with van der Waals surface area (Å²) in [6.07, 6.45) is 0. The molecule has 0 radical (unpaired) electrons. The van der Waals surface area contributed by atoms with E-state index in [1.54, 1.807) is 0 Å². The lowest BCUT2D eigenvalue weighted by atomic mass is 10.1. The second-order valence-corrected chi connectivity index (χ2v) is 3.05. The van der Waals surface area contributed by atoms with E-state index in [4.69, 9.17) is 22.4 Å². The van der Waals surface area contributed by atoms with Gasteiger partial charge in [-0.25, -0.2) is 9.78 Å². The molecule has 0 aliphatic carbocycles. The Hall–Kier alpha value is -1.89. The van der Waals surface area contributed by atoms with Crippen LogP contribution >= 0.6 is 11.6 Å². The van der Waals surface area contributed by atoms with Gasteiger partial charge in [0.15, 0.2) is 0 Å². The summed E-state index contributed by atoms with van der Waals surface area (Å²) in [7, 11) is 0. The number of nitrogens with two attached hydrogens (primary N) is 1. The number of aromatic carboxylic acids is 1. The highest BCUT2D eigenvalue weighted by molar-refractivity contribution is 6.32. The molecule has 0 aliphatic heterocycles. The molecule has 0 aromatic carbocycles. The smallest absolute Gasteiger partial charge is 0.339 e. The molecule has 1 heterocycles. The normalized spacial score (nSPS) is 10.0. The summed E-state index contributed by atoms with van der Waals surface area (Å²) in [6.45, 7) is 1.36. The highest BCUT2D eigenvalue weighted by Crippen LogP contribution is 2.32. The maximum absolute atomic E-state index is 10.7. The largest absolute Gasteiger partial charge is 0.478 e. The van der Waals surface area contributed by atoms with Crippen molar-refractivity contribution in [3.63, 3.8) is 0 Å². The van der Waals surface area contributed by atoms with Crippen LogP contribution in [0, 0.1) is 17.0 Å². The summed E-state index contributed by atoms with van der Waals surface area (Å²) < 4.78 is 0. The molecule has 0 atom stereocenters. The number of hydrogen-bond donors (Lipinski definition) is 2. The number of hydrogen-bond acceptors (Lipinski definition) is 5. The number of carbonyl (C=O) groups is 1. The molecular formula is C7H6ClN3O4. The second kappa shape index (κ2) is 3.70. The third-order valence-electron chi connectivity index (χ3n) is 1.74. The minimum absolute atomic E-state index is 0.0376. The first kappa shape index (κ1) is 11.2. The molecule has 0 aliphatic rings. The number of nitrogen functional groups attached to an aromatic ring is 1. The first-order valence-corrected chi connectivity index (χ1v) is 4.07. The Morgan fingerprint density at radius 2 is 2.20 bits per heavy atom. The predicted molar refractivity (Wildman–Crippen MR) is 52.0 cm³/mol. The monoisotopic (exact) mass is 231 g/mol. The lowest BCUT2D eigenvalue weighted by Crippen LogP contribution is -2.10. The molecule has 0 bridgehead atoms. The van der Waals surface area contributed by atoms with Crippen LogP contribution in [0.1, 0.15) is 16.1 Å². The van der Waals surface area contributed by atoms with E-state index in [0.29, 0.717) is 0 Å². The lowest BCUT2D eigenvalue weighted by Gasteiger charge is -2.05. The molecule has 7 nitrogen and oxygen atoms in total. The number of rotatable bonds is 2. The molecule has 1 aromatic rings. The van der Waals surface area contributed by atoms with Crippen molar-refractivity contribution in [3.05, 3.63) is 26.5 Å². The molecular weight excluding hydrogens is 226 g/mol. The van der Waals surface area contributed by atoms with Crippen LogP contribution < -0.4 is 5.73 Å². The maximum atomic E-state index is 10.7. The van der Waals surface area contributed by atoms with Crippen LogP contribution in [0.2, 0.25) is 5.15 Å². The SMILES string of the molecule is Cc1nc(Cl)c([N+](=O)[O-])c(N)c1C(=O)O. The van der Waals surface area contributed by atoms with Crippen molar-refractivity contribution < 1.29 is 14.8 Å². The molecule has 0 amide bonds. The van der Waals surface area contributed by atoms with Crippen molar-refractivity contribution in [2.45, 2.75) is 6.92 Å². The van der Waals surface area contributed by atoms with E-state index in [1.165, 1.54) is 6.92 Å². The van der Waals surface area contributed by atoms with E-state index in [-0.39, 0.29) is 5.69 Å². The van der Waals surface area contributed by atoms with Gasteiger partial charge in [-0.05, 0) is 6.92 Å². The van der Waals surface area contributed by atoms with Crippen LogP contribution in [0.5, 0.6) is 0 Å². The second-order valence-electron chi connectivity index (χ2n) is 2.69. The standard InChI is InChI=1S/C7H6ClN3O4/c1-2-3(7(12)13)4(9)5(11(14)15)6(8)10-2/h1H3,(H2,9,10)(H,12,13). The summed E-state index contributed by atoms with van der Waals surface area (Å²) >= 11 is 5.48. The minimum atomic E-state index is -1.38. The number of carboxylic acids is 1. The van der Waals surface area contributed by atoms with E-state index < -0.39 is 33.0 Å². The van der Waals surface area contributed by atoms with Gasteiger partial charge in [0.2, 0.25) is 5.15 Å². The minimum Gasteiger partial charge on any atom is -0.478 e. The number of aromatic nitrogens is 1. The Kier molecular flexibility index (Phi) is 2.76. The highest BCUT2D eigenvalue weighted by atomic mass is 35.5. The Morgan fingerprint density at radius 1 is 1.67 bits per heavy atom. The van der Waals surface area contributed by atoms with Gasteiger partial charge in [0.05, 0.1) is 10.6 Å². The van der Waals surface area contributed by atoms with E-state index in [0.717, 1.165) is 0 Å². The number of carboxylic acid groups (broad SMARTS) is 1. The first-order valence-electron chi connectivity index (χ1n) is 3.69. The summed E-state index contributed by atoms with van der Waals surface area (Å²) in [4.78, 5) is 24.0. The Morgan fingerprint density at radius 3 is 2.60 bits per heavy atom. The molecule has 8 heteroatoms. The fraction of sp³-hybridized carbons (Fsp3) is 0.143. The predicted octanol–water partition coefficient (Wildman–Crippen LogP) is 1.23. The number of nitrogens with zero attached hydrogens (tertiary/aromatic N) is 2. The van der Waals surface area contributed by atoms with Crippen LogP contribution in [-0.4, -0.2) is 21.0 Å². The van der Waals surface area contributed by atoms with E-state index in [1.807, 2.05) is 0 Å². The molecule has 3 N–H and O–H groups in total. The van der Waals surface area contributed by atoms with Gasteiger partial charge in [-0.2, -0.15) is 0 Å². The molecule has 0 fully saturated rings. The van der Waals surface area contributed by atoms with Gasteiger partial charge in [0.25, 0.3) is 0 Å². The van der Waals surface area contributed by atoms with Crippen molar-refractivity contribution >= 4 is 28.9 Å². The average molecular weight is 232 g/mol. The fourth-order valence-corrected chi connectivity index (χ4v) is 1.42. The van der Waals surface area contributed by atoms with Crippen LogP contribution in [0.15, 0.2) is 0 Å². The maximum Gasteiger partial charge on any atom is 0.339 e. The van der Waals surface area contributed by atoms with Gasteiger partial charge in [-0.3, -0.25) is 10.1 Å². The molecule has 0 unspecified atom stereocenters. The Bertz CT molecular complexity index is 422. The van der Waals surface area contributed by atoms with Crippen LogP contribution in [0.4, 0.5) is 11.4 Å². The molecule has 0 saturated heterocycles. The van der Waals surface area contributed by atoms with Crippen molar-refractivity contribution in [2.24, 2.45) is 0 Å². The summed E-state index contributed by atoms with van der Waals surface area (Å²) in [5, 5.41) is 18.9. The molecule has 80 valence electrons. The van der Waals surface area contributed by atoms with E-state index in [9.17, 15) is 14.9 Å². The third kappa shape index (κ3) is 1.82. The van der Waals surface area contributed by atoms with Gasteiger partial charge in [-0.15, -0.1) is 0 Å². The van der Waals surface area contributed by atoms with Crippen molar-refractivity contribution in [2.75, 3.05) is 5.73 Å². The summed E-state index contributed by atoms with van der Waals surface area (Å²) in [5.74, 6) is -1.38. The lowest BCUT2D eigenvalue weighted by molar-refractivity contribution is -0.384. The van der Waals surface area contributed by atoms with Crippen LogP contribution in [-0.2, 0) is 0 Å². The zero-order valence-corrected chi connectivity index (χ0v) is 8.28. The Labute approximate surface area is 88.6 Å². The molecule has 1 aromatic heterocycles. The molecule has 0 saturated carbocycles. The fourth-order valence-electron chi connectivity index (χ4n) is 1.12. The zero-order chi connectivity index (χ0) is 11.7. The third-order valence-corrected chi connectivity index (χ3v) is 2.01. The van der Waals surface area contributed by atoms with Gasteiger partial charge < -0.3 is 10.8 Å². The topological polar surface area (TPSA) is 119 Å². The number of pyridine rings is 1. The number of anilines is 1. The highest BCUT2D eigenvalue weighted by Gasteiger charge is 2.26. The summed E-state index contributed by atoms with van der Waals surface area (Å²) in [6, 6.07) is 0. The van der Waals surface area contributed by atoms with Crippen molar-refractivity contribution in [1.82, 2.24) is 4.98 Å². The Balaban J connectivity index is 3.64. The average Bonchev–Trinajstić information content (AvgIpc) is 1.99. The van der Waals surface area contributed by atoms with Crippen molar-refractivity contribution in [3.8, 4) is 0 Å². The van der Waals surface area contributed by atoms with Gasteiger partial charge in [0, 0.05) is 0 Å². The van der Waals surface area contributed by atoms with Crippen molar-refractivity contribution in [1.29, 1.82) is 0 Å². The van der Waals surface area contributed by atoms with Crippen LogP contribution in [0.25, 0.3) is 0 Å². The number of halogens is 1. The quantitative estimate of drug-likeness (QED) is 0.449. The van der Waals surface area contributed by atoms with Crippen LogP contribution in [0.3, 0.4) is 0 Å². The number of nitro groups is 1. The molecule has 0 spiro atoms. The van der Waals surface area contributed by atoms with E-state index in [2.05, 4.69) is 4.98 Å². The van der Waals surface area contributed by atoms with E-state index >= 15 is 0 Å². The molecule has 1 rings (SSSR count).